The van der Waals surface area contributed by atoms with Crippen LogP contribution in [-0.4, -0.2) is 34.6 Å². The average Bonchev–Trinajstić information content (AvgIpc) is 2.58. The summed E-state index contributed by atoms with van der Waals surface area (Å²) in [7, 11) is -2.30. The van der Waals surface area contributed by atoms with E-state index in [0.29, 0.717) is 0 Å². The zero-order chi connectivity index (χ0) is 18.4. The van der Waals surface area contributed by atoms with E-state index in [-0.39, 0.29) is 34.3 Å². The van der Waals surface area contributed by atoms with Crippen LogP contribution >= 0.6 is 11.6 Å². The molecule has 0 aromatic heterocycles. The maximum atomic E-state index is 13.4. The molecule has 0 bridgehead atoms. The van der Waals surface area contributed by atoms with Gasteiger partial charge in [-0.1, -0.05) is 17.7 Å². The number of ether oxygens (including phenoxy) is 1. The summed E-state index contributed by atoms with van der Waals surface area (Å²) in [4.78, 5) is 12.2. The molecule has 0 aliphatic carbocycles. The zero-order valence-corrected chi connectivity index (χ0v) is 14.8. The topological polar surface area (TPSA) is 84.5 Å². The van der Waals surface area contributed by atoms with Crippen molar-refractivity contribution >= 4 is 33.2 Å². The number of sulfonamides is 1. The number of carbonyl (C=O) groups excluding carboxylic acids is 1. The maximum Gasteiger partial charge on any atom is 0.255 e. The minimum absolute atomic E-state index is 0.0569. The molecule has 2 N–H and O–H groups in total. The van der Waals surface area contributed by atoms with Gasteiger partial charge in [-0.25, -0.2) is 17.5 Å². The monoisotopic (exact) mass is 386 g/mol. The molecule has 0 saturated carbocycles. The van der Waals surface area contributed by atoms with Crippen molar-refractivity contribution in [3.8, 4) is 0 Å². The predicted octanol–water partition coefficient (Wildman–Crippen LogP) is 2.66. The number of rotatable bonds is 7. The third-order valence-corrected chi connectivity index (χ3v) is 4.95. The number of hydrogen-bond donors (Lipinski definition) is 2. The van der Waals surface area contributed by atoms with Crippen molar-refractivity contribution in [1.29, 1.82) is 0 Å². The minimum Gasteiger partial charge on any atom is -0.383 e. The van der Waals surface area contributed by atoms with E-state index in [1.165, 1.54) is 43.5 Å². The van der Waals surface area contributed by atoms with Crippen LogP contribution in [0.4, 0.5) is 10.1 Å². The van der Waals surface area contributed by atoms with Crippen molar-refractivity contribution < 1.29 is 22.3 Å². The number of halogens is 2. The SMILES string of the molecule is COCCNS(=O)(=O)c1cccc(C(=O)Nc2ccc(Cl)c(F)c2)c1. The summed E-state index contributed by atoms with van der Waals surface area (Å²) < 4.78 is 44.9. The van der Waals surface area contributed by atoms with E-state index in [1.807, 2.05) is 0 Å². The third-order valence-electron chi connectivity index (χ3n) is 3.18. The number of benzene rings is 2. The molecule has 2 rings (SSSR count). The molecule has 6 nitrogen and oxygen atoms in total. The van der Waals surface area contributed by atoms with Gasteiger partial charge in [0.2, 0.25) is 10.0 Å². The summed E-state index contributed by atoms with van der Waals surface area (Å²) in [6, 6.07) is 9.33. The predicted molar refractivity (Wildman–Crippen MR) is 92.9 cm³/mol. The highest BCUT2D eigenvalue weighted by molar-refractivity contribution is 7.89. The molecule has 0 saturated heterocycles. The van der Waals surface area contributed by atoms with Gasteiger partial charge in [-0.05, 0) is 36.4 Å². The van der Waals surface area contributed by atoms with Crippen molar-refractivity contribution in [2.45, 2.75) is 4.90 Å². The van der Waals surface area contributed by atoms with Crippen molar-refractivity contribution in [1.82, 2.24) is 4.72 Å². The van der Waals surface area contributed by atoms with Gasteiger partial charge >= 0.3 is 0 Å². The van der Waals surface area contributed by atoms with Gasteiger partial charge in [-0.3, -0.25) is 4.79 Å². The van der Waals surface area contributed by atoms with Gasteiger partial charge in [0.1, 0.15) is 5.82 Å². The first kappa shape index (κ1) is 19.3. The molecule has 1 amide bonds. The van der Waals surface area contributed by atoms with Gasteiger partial charge in [0.25, 0.3) is 5.91 Å². The Morgan fingerprint density at radius 2 is 2.00 bits per heavy atom. The molecule has 0 atom stereocenters. The van der Waals surface area contributed by atoms with Gasteiger partial charge in [-0.15, -0.1) is 0 Å². The van der Waals surface area contributed by atoms with Crippen molar-refractivity contribution in [2.75, 3.05) is 25.6 Å². The molecule has 0 aliphatic rings. The maximum absolute atomic E-state index is 13.4. The summed E-state index contributed by atoms with van der Waals surface area (Å²) in [5.41, 5.74) is 0.323. The average molecular weight is 387 g/mol. The largest absolute Gasteiger partial charge is 0.383 e. The van der Waals surface area contributed by atoms with Crippen LogP contribution in [0.2, 0.25) is 5.02 Å². The molecule has 25 heavy (non-hydrogen) atoms. The highest BCUT2D eigenvalue weighted by Gasteiger charge is 2.16. The van der Waals surface area contributed by atoms with Gasteiger partial charge in [0, 0.05) is 24.9 Å². The number of anilines is 1. The zero-order valence-electron chi connectivity index (χ0n) is 13.3. The second kappa shape index (κ2) is 8.39. The Kier molecular flexibility index (Phi) is 6.49. The van der Waals surface area contributed by atoms with Crippen molar-refractivity contribution in [3.63, 3.8) is 0 Å². The second-order valence-corrected chi connectivity index (χ2v) is 7.18. The van der Waals surface area contributed by atoms with Crippen LogP contribution in [0.3, 0.4) is 0 Å². The molecule has 2 aromatic carbocycles. The molecule has 0 heterocycles. The number of carbonyl (C=O) groups is 1. The fourth-order valence-corrected chi connectivity index (χ4v) is 3.12. The Bertz CT molecular complexity index is 874. The van der Waals surface area contributed by atoms with Crippen LogP contribution in [-0.2, 0) is 14.8 Å². The molecule has 134 valence electrons. The molecular formula is C16H16ClFN2O4S. The lowest BCUT2D eigenvalue weighted by molar-refractivity contribution is 0.102. The molecule has 0 aliphatic heterocycles. The molecule has 2 aromatic rings. The smallest absolute Gasteiger partial charge is 0.255 e. The molecular weight excluding hydrogens is 371 g/mol. The fraction of sp³-hybridized carbons (Fsp3) is 0.188. The number of amides is 1. The van der Waals surface area contributed by atoms with Gasteiger partial charge < -0.3 is 10.1 Å². The summed E-state index contributed by atoms with van der Waals surface area (Å²) >= 11 is 5.59. The Morgan fingerprint density at radius 3 is 2.68 bits per heavy atom. The first-order valence-corrected chi connectivity index (χ1v) is 9.04. The van der Waals surface area contributed by atoms with E-state index in [1.54, 1.807) is 0 Å². The number of hydrogen-bond acceptors (Lipinski definition) is 4. The second-order valence-electron chi connectivity index (χ2n) is 5.00. The van der Waals surface area contributed by atoms with E-state index in [9.17, 15) is 17.6 Å². The number of methoxy groups -OCH3 is 1. The summed E-state index contributed by atoms with van der Waals surface area (Å²) in [6.07, 6.45) is 0. The van der Waals surface area contributed by atoms with Crippen LogP contribution in [0.5, 0.6) is 0 Å². The van der Waals surface area contributed by atoms with E-state index in [2.05, 4.69) is 10.0 Å². The first-order chi connectivity index (χ1) is 11.8. The fourth-order valence-electron chi connectivity index (χ4n) is 1.94. The van der Waals surface area contributed by atoms with Crippen LogP contribution in [0.25, 0.3) is 0 Å². The van der Waals surface area contributed by atoms with Crippen molar-refractivity contribution in [3.05, 3.63) is 58.9 Å². The van der Waals surface area contributed by atoms with E-state index >= 15 is 0 Å². The highest BCUT2D eigenvalue weighted by Crippen LogP contribution is 2.20. The first-order valence-electron chi connectivity index (χ1n) is 7.18. The summed E-state index contributed by atoms with van der Waals surface area (Å²) in [5, 5.41) is 2.42. The number of nitrogens with one attached hydrogen (secondary N) is 2. The van der Waals surface area contributed by atoms with Gasteiger partial charge in [0.15, 0.2) is 0 Å². The Hall–Kier alpha value is -2.00. The van der Waals surface area contributed by atoms with Crippen molar-refractivity contribution in [2.24, 2.45) is 0 Å². The lowest BCUT2D eigenvalue weighted by atomic mass is 10.2. The van der Waals surface area contributed by atoms with Crippen LogP contribution in [0.15, 0.2) is 47.4 Å². The Labute approximate surface area is 150 Å². The Balaban J connectivity index is 2.17. The van der Waals surface area contributed by atoms with E-state index in [4.69, 9.17) is 16.3 Å². The van der Waals surface area contributed by atoms with E-state index in [0.717, 1.165) is 6.07 Å². The molecule has 0 fully saturated rings. The summed E-state index contributed by atoms with van der Waals surface area (Å²) in [6.45, 7) is 0.334. The van der Waals surface area contributed by atoms with Crippen LogP contribution in [0.1, 0.15) is 10.4 Å². The van der Waals surface area contributed by atoms with Gasteiger partial charge in [-0.2, -0.15) is 0 Å². The summed E-state index contributed by atoms with van der Waals surface area (Å²) in [5.74, 6) is -1.24. The lowest BCUT2D eigenvalue weighted by Crippen LogP contribution is -2.27. The van der Waals surface area contributed by atoms with Gasteiger partial charge in [0.05, 0.1) is 16.5 Å². The normalized spacial score (nSPS) is 11.3. The highest BCUT2D eigenvalue weighted by atomic mass is 35.5. The molecule has 0 spiro atoms. The lowest BCUT2D eigenvalue weighted by Gasteiger charge is -2.09. The third kappa shape index (κ3) is 5.23. The standard InChI is InChI=1S/C16H16ClFN2O4S/c1-24-8-7-19-25(22,23)13-4-2-3-11(9-13)16(21)20-12-5-6-14(17)15(18)10-12/h2-6,9-10,19H,7-8H2,1H3,(H,20,21). The molecule has 0 radical (unpaired) electrons. The van der Waals surface area contributed by atoms with Crippen LogP contribution < -0.4 is 10.0 Å². The minimum atomic E-state index is -3.76. The molecule has 0 unspecified atom stereocenters. The quantitative estimate of drug-likeness (QED) is 0.716. The van der Waals surface area contributed by atoms with Crippen LogP contribution in [0, 0.1) is 5.82 Å². The molecule has 9 heteroatoms. The van der Waals surface area contributed by atoms with E-state index < -0.39 is 21.7 Å². The Morgan fingerprint density at radius 1 is 1.24 bits per heavy atom.